The Kier molecular flexibility index (Phi) is 5.25. The number of anilines is 1. The van der Waals surface area contributed by atoms with E-state index in [0.29, 0.717) is 6.10 Å². The van der Waals surface area contributed by atoms with Crippen molar-refractivity contribution in [3.8, 4) is 0 Å². The van der Waals surface area contributed by atoms with Gasteiger partial charge in [0, 0.05) is 24.7 Å². The highest BCUT2D eigenvalue weighted by atomic mass is 79.9. The summed E-state index contributed by atoms with van der Waals surface area (Å²) in [6, 6.07) is 6.01. The van der Waals surface area contributed by atoms with Crippen LogP contribution in [0.2, 0.25) is 0 Å². The van der Waals surface area contributed by atoms with Gasteiger partial charge in [-0.15, -0.1) is 0 Å². The van der Waals surface area contributed by atoms with Crippen molar-refractivity contribution < 1.29 is 9.84 Å². The van der Waals surface area contributed by atoms with Gasteiger partial charge >= 0.3 is 0 Å². The second-order valence-electron chi connectivity index (χ2n) is 5.26. The zero-order valence-corrected chi connectivity index (χ0v) is 13.2. The summed E-state index contributed by atoms with van der Waals surface area (Å²) in [5.41, 5.74) is 2.07. The minimum absolute atomic E-state index is 0.335. The number of ether oxygens (including phenoxy) is 1. The van der Waals surface area contributed by atoms with Gasteiger partial charge in [-0.2, -0.15) is 0 Å². The van der Waals surface area contributed by atoms with Crippen molar-refractivity contribution in [1.29, 1.82) is 0 Å². The highest BCUT2D eigenvalue weighted by Gasteiger charge is 2.17. The Morgan fingerprint density at radius 1 is 1.47 bits per heavy atom. The fourth-order valence-electron chi connectivity index (χ4n) is 2.45. The maximum atomic E-state index is 9.58. The maximum Gasteiger partial charge on any atom is 0.0762 e. The number of likely N-dealkylation sites (N-methyl/N-ethyl adjacent to an activating group) is 1. The molecule has 1 heterocycles. The second-order valence-corrected chi connectivity index (χ2v) is 6.11. The van der Waals surface area contributed by atoms with Gasteiger partial charge in [-0.3, -0.25) is 0 Å². The number of aliphatic hydroxyl groups is 1. The quantitative estimate of drug-likeness (QED) is 0.918. The molecule has 1 fully saturated rings. The molecule has 0 spiro atoms. The van der Waals surface area contributed by atoms with Crippen LogP contribution in [0.3, 0.4) is 0 Å². The Balaban J connectivity index is 2.03. The zero-order chi connectivity index (χ0) is 13.8. The summed E-state index contributed by atoms with van der Waals surface area (Å²) < 4.78 is 6.79. The molecule has 4 heteroatoms. The number of hydrogen-bond donors (Lipinski definition) is 1. The van der Waals surface area contributed by atoms with E-state index in [0.717, 1.165) is 35.3 Å². The Hall–Kier alpha value is -0.580. The van der Waals surface area contributed by atoms with Crippen molar-refractivity contribution in [2.45, 2.75) is 38.4 Å². The molecule has 106 valence electrons. The molecule has 1 aromatic carbocycles. The molecule has 1 aromatic rings. The predicted octanol–water partition coefficient (Wildman–Crippen LogP) is 3.51. The van der Waals surface area contributed by atoms with Gasteiger partial charge in [0.2, 0.25) is 0 Å². The Labute approximate surface area is 123 Å². The fourth-order valence-corrected chi connectivity index (χ4v) is 3.15. The highest BCUT2D eigenvalue weighted by molar-refractivity contribution is 9.10. The molecule has 0 bridgehead atoms. The number of nitrogens with zero attached hydrogens (tertiary/aromatic N) is 1. The molecule has 19 heavy (non-hydrogen) atoms. The molecular formula is C15H22BrNO2. The first-order valence-corrected chi connectivity index (χ1v) is 7.67. The van der Waals surface area contributed by atoms with Crippen molar-refractivity contribution in [3.05, 3.63) is 28.2 Å². The van der Waals surface area contributed by atoms with E-state index in [1.54, 1.807) is 6.92 Å². The number of benzene rings is 1. The first kappa shape index (κ1) is 14.8. The lowest BCUT2D eigenvalue weighted by Gasteiger charge is -2.29. The highest BCUT2D eigenvalue weighted by Crippen LogP contribution is 2.29. The summed E-state index contributed by atoms with van der Waals surface area (Å²) in [6.07, 6.45) is 3.50. The van der Waals surface area contributed by atoms with Crippen molar-refractivity contribution in [2.24, 2.45) is 0 Å². The summed E-state index contributed by atoms with van der Waals surface area (Å²) >= 11 is 3.59. The largest absolute Gasteiger partial charge is 0.389 e. The van der Waals surface area contributed by atoms with Crippen LogP contribution in [0, 0.1) is 0 Å². The summed E-state index contributed by atoms with van der Waals surface area (Å²) in [5, 5.41) is 9.58. The second kappa shape index (κ2) is 6.73. The lowest BCUT2D eigenvalue weighted by atomic mass is 10.1. The molecule has 0 aromatic heterocycles. The van der Waals surface area contributed by atoms with E-state index >= 15 is 0 Å². The molecule has 2 atom stereocenters. The lowest BCUT2D eigenvalue weighted by molar-refractivity contribution is 0.0216. The Bertz CT molecular complexity index is 417. The number of halogens is 1. The van der Waals surface area contributed by atoms with Crippen LogP contribution < -0.4 is 4.90 Å². The molecule has 1 saturated heterocycles. The third-order valence-corrected chi connectivity index (χ3v) is 4.25. The van der Waals surface area contributed by atoms with Crippen LogP contribution in [-0.4, -0.2) is 31.4 Å². The van der Waals surface area contributed by atoms with Crippen molar-refractivity contribution in [1.82, 2.24) is 0 Å². The normalized spacial score (nSPS) is 21.2. The fraction of sp³-hybridized carbons (Fsp3) is 0.600. The van der Waals surface area contributed by atoms with E-state index in [1.807, 2.05) is 12.1 Å². The van der Waals surface area contributed by atoms with E-state index in [1.165, 1.54) is 12.8 Å². The topological polar surface area (TPSA) is 32.7 Å². The van der Waals surface area contributed by atoms with Gasteiger partial charge in [0.25, 0.3) is 0 Å². The third kappa shape index (κ3) is 3.94. The molecule has 0 radical (unpaired) electrons. The van der Waals surface area contributed by atoms with Crippen molar-refractivity contribution in [3.63, 3.8) is 0 Å². The van der Waals surface area contributed by atoms with Crippen LogP contribution in [0.1, 0.15) is 37.9 Å². The molecule has 1 aliphatic heterocycles. The average molecular weight is 328 g/mol. The van der Waals surface area contributed by atoms with E-state index in [2.05, 4.69) is 33.9 Å². The number of rotatable bonds is 4. The Morgan fingerprint density at radius 3 is 2.84 bits per heavy atom. The van der Waals surface area contributed by atoms with Gasteiger partial charge in [-0.25, -0.2) is 0 Å². The Morgan fingerprint density at radius 2 is 2.26 bits per heavy atom. The molecule has 2 rings (SSSR count). The zero-order valence-electron chi connectivity index (χ0n) is 11.6. The molecule has 3 nitrogen and oxygen atoms in total. The first-order valence-electron chi connectivity index (χ1n) is 6.88. The first-order chi connectivity index (χ1) is 9.08. The predicted molar refractivity (Wildman–Crippen MR) is 81.6 cm³/mol. The van der Waals surface area contributed by atoms with Crippen LogP contribution in [0.5, 0.6) is 0 Å². The third-order valence-electron chi connectivity index (χ3n) is 3.62. The summed E-state index contributed by atoms with van der Waals surface area (Å²) in [7, 11) is 2.08. The van der Waals surface area contributed by atoms with Crippen molar-refractivity contribution >= 4 is 21.6 Å². The van der Waals surface area contributed by atoms with E-state index in [9.17, 15) is 5.11 Å². The van der Waals surface area contributed by atoms with Crippen molar-refractivity contribution in [2.75, 3.05) is 25.1 Å². The van der Waals surface area contributed by atoms with Crippen LogP contribution in [-0.2, 0) is 4.74 Å². The molecule has 1 N–H and O–H groups in total. The maximum absolute atomic E-state index is 9.58. The minimum Gasteiger partial charge on any atom is -0.389 e. The average Bonchev–Trinajstić information content (AvgIpc) is 2.39. The minimum atomic E-state index is -0.433. The van der Waals surface area contributed by atoms with Gasteiger partial charge in [0.1, 0.15) is 0 Å². The van der Waals surface area contributed by atoms with Gasteiger partial charge < -0.3 is 14.7 Å². The van der Waals surface area contributed by atoms with Crippen LogP contribution in [0.25, 0.3) is 0 Å². The SMILES string of the molecule is C[C@H](O)c1ccc(N(C)CC2CCCCO2)c(Br)c1. The van der Waals surface area contributed by atoms with Crippen LogP contribution in [0.4, 0.5) is 5.69 Å². The summed E-state index contributed by atoms with van der Waals surface area (Å²) in [5.74, 6) is 0. The molecule has 1 aliphatic rings. The summed E-state index contributed by atoms with van der Waals surface area (Å²) in [6.45, 7) is 3.58. The van der Waals surface area contributed by atoms with E-state index in [4.69, 9.17) is 4.74 Å². The molecule has 0 saturated carbocycles. The standard InChI is InChI=1S/C15H22BrNO2/c1-11(18)12-6-7-15(14(16)9-12)17(2)10-13-5-3-4-8-19-13/h6-7,9,11,13,18H,3-5,8,10H2,1-2H3/t11-,13?/m0/s1. The van der Waals surface area contributed by atoms with Gasteiger partial charge in [0.05, 0.1) is 17.9 Å². The number of aliphatic hydroxyl groups excluding tert-OH is 1. The van der Waals surface area contributed by atoms with Crippen LogP contribution >= 0.6 is 15.9 Å². The molecular weight excluding hydrogens is 306 g/mol. The van der Waals surface area contributed by atoms with Gasteiger partial charge in [-0.1, -0.05) is 6.07 Å². The van der Waals surface area contributed by atoms with E-state index < -0.39 is 6.10 Å². The monoisotopic (exact) mass is 327 g/mol. The molecule has 0 amide bonds. The van der Waals surface area contributed by atoms with Gasteiger partial charge in [-0.05, 0) is 59.8 Å². The smallest absolute Gasteiger partial charge is 0.0762 e. The van der Waals surface area contributed by atoms with Gasteiger partial charge in [0.15, 0.2) is 0 Å². The lowest BCUT2D eigenvalue weighted by Crippen LogP contribution is -2.33. The van der Waals surface area contributed by atoms with Crippen LogP contribution in [0.15, 0.2) is 22.7 Å². The van der Waals surface area contributed by atoms with E-state index in [-0.39, 0.29) is 0 Å². The number of hydrogen-bond acceptors (Lipinski definition) is 3. The molecule has 1 unspecified atom stereocenters. The molecule has 0 aliphatic carbocycles. The summed E-state index contributed by atoms with van der Waals surface area (Å²) in [4.78, 5) is 2.21.